The largest absolute Gasteiger partial charge is 0.393 e. The molecule has 0 unspecified atom stereocenters. The second-order valence-electron chi connectivity index (χ2n) is 4.73. The van der Waals surface area contributed by atoms with E-state index >= 15 is 0 Å². The van der Waals surface area contributed by atoms with Crippen LogP contribution in [0.15, 0.2) is 16.6 Å². The van der Waals surface area contributed by atoms with Gasteiger partial charge in [0.1, 0.15) is 5.82 Å². The lowest BCUT2D eigenvalue weighted by molar-refractivity contribution is 0.126. The van der Waals surface area contributed by atoms with Crippen LogP contribution in [0.25, 0.3) is 0 Å². The van der Waals surface area contributed by atoms with Gasteiger partial charge < -0.3 is 10.4 Å². The molecule has 1 aliphatic carbocycles. The fraction of sp³-hybridized carbons (Fsp3) is 0.538. The van der Waals surface area contributed by atoms with Gasteiger partial charge in [-0.1, -0.05) is 0 Å². The first-order valence-corrected chi connectivity index (χ1v) is 6.76. The second kappa shape index (κ2) is 5.36. The molecule has 0 amide bonds. The predicted octanol–water partition coefficient (Wildman–Crippen LogP) is 3.61. The highest BCUT2D eigenvalue weighted by Gasteiger charge is 2.19. The molecule has 4 heteroatoms. The number of rotatable bonds is 2. The van der Waals surface area contributed by atoms with Crippen molar-refractivity contribution in [2.24, 2.45) is 0 Å². The summed E-state index contributed by atoms with van der Waals surface area (Å²) in [5, 5.41) is 12.8. The van der Waals surface area contributed by atoms with E-state index in [0.29, 0.717) is 10.5 Å². The van der Waals surface area contributed by atoms with Crippen LogP contribution in [-0.4, -0.2) is 17.3 Å². The maximum Gasteiger partial charge on any atom is 0.139 e. The normalized spacial score (nSPS) is 24.7. The molecule has 1 saturated carbocycles. The molecule has 0 aliphatic heterocycles. The molecule has 94 valence electrons. The quantitative estimate of drug-likeness (QED) is 0.874. The molecule has 1 aromatic rings. The molecule has 0 bridgehead atoms. The van der Waals surface area contributed by atoms with Crippen molar-refractivity contribution in [3.05, 3.63) is 28.0 Å². The average Bonchev–Trinajstić information content (AvgIpc) is 2.29. The van der Waals surface area contributed by atoms with Gasteiger partial charge in [-0.05, 0) is 66.2 Å². The minimum Gasteiger partial charge on any atom is -0.393 e. The van der Waals surface area contributed by atoms with Crippen molar-refractivity contribution in [1.82, 2.24) is 0 Å². The van der Waals surface area contributed by atoms with E-state index in [2.05, 4.69) is 21.2 Å². The van der Waals surface area contributed by atoms with Crippen LogP contribution in [0.3, 0.4) is 0 Å². The van der Waals surface area contributed by atoms with Gasteiger partial charge in [0.15, 0.2) is 0 Å². The van der Waals surface area contributed by atoms with Crippen molar-refractivity contribution < 1.29 is 9.50 Å². The summed E-state index contributed by atoms with van der Waals surface area (Å²) < 4.78 is 13.9. The summed E-state index contributed by atoms with van der Waals surface area (Å²) in [4.78, 5) is 0. The molecule has 0 radical (unpaired) electrons. The summed E-state index contributed by atoms with van der Waals surface area (Å²) in [7, 11) is 0. The van der Waals surface area contributed by atoms with Crippen LogP contribution in [0.1, 0.15) is 31.2 Å². The molecule has 0 aromatic heterocycles. The Kier molecular flexibility index (Phi) is 4.05. The zero-order chi connectivity index (χ0) is 12.4. The first kappa shape index (κ1) is 12.8. The Labute approximate surface area is 109 Å². The molecule has 0 saturated heterocycles. The number of aryl methyl sites for hydroxylation is 1. The van der Waals surface area contributed by atoms with E-state index in [9.17, 15) is 9.50 Å². The molecule has 1 aliphatic rings. The molecule has 0 heterocycles. The number of anilines is 1. The summed E-state index contributed by atoms with van der Waals surface area (Å²) >= 11 is 3.18. The van der Waals surface area contributed by atoms with Crippen LogP contribution in [0.2, 0.25) is 0 Å². The minimum atomic E-state index is -0.242. The maximum absolute atomic E-state index is 13.4. The number of hydrogen-bond donors (Lipinski definition) is 2. The lowest BCUT2D eigenvalue weighted by atomic mass is 9.93. The second-order valence-corrected chi connectivity index (χ2v) is 5.59. The van der Waals surface area contributed by atoms with Crippen LogP contribution in [0, 0.1) is 12.7 Å². The van der Waals surface area contributed by atoms with Crippen LogP contribution < -0.4 is 5.32 Å². The molecule has 0 spiro atoms. The summed E-state index contributed by atoms with van der Waals surface area (Å²) in [5.41, 5.74) is 1.89. The van der Waals surface area contributed by atoms with Crippen molar-refractivity contribution in [3.8, 4) is 0 Å². The first-order chi connectivity index (χ1) is 8.06. The molecule has 2 rings (SSSR count). The lowest BCUT2D eigenvalue weighted by Gasteiger charge is -2.27. The van der Waals surface area contributed by atoms with Gasteiger partial charge in [-0.25, -0.2) is 4.39 Å². The molecular weight excluding hydrogens is 285 g/mol. The SMILES string of the molecule is Cc1cc(Br)c(F)cc1NC1CCC(O)CC1. The number of hydrogen-bond acceptors (Lipinski definition) is 2. The molecule has 1 aromatic carbocycles. The van der Waals surface area contributed by atoms with E-state index in [0.717, 1.165) is 36.9 Å². The number of halogens is 2. The Morgan fingerprint density at radius 2 is 1.94 bits per heavy atom. The topological polar surface area (TPSA) is 32.3 Å². The Hall–Kier alpha value is -0.610. The van der Waals surface area contributed by atoms with Gasteiger partial charge in [0, 0.05) is 11.7 Å². The average molecular weight is 302 g/mol. The van der Waals surface area contributed by atoms with Crippen LogP contribution in [0.4, 0.5) is 10.1 Å². The van der Waals surface area contributed by atoms with Crippen molar-refractivity contribution in [2.45, 2.75) is 44.8 Å². The number of nitrogens with one attached hydrogen (secondary N) is 1. The lowest BCUT2D eigenvalue weighted by Crippen LogP contribution is -2.28. The summed E-state index contributed by atoms with van der Waals surface area (Å²) in [6, 6.07) is 3.66. The Bertz CT molecular complexity index is 403. The Balaban J connectivity index is 2.06. The monoisotopic (exact) mass is 301 g/mol. The minimum absolute atomic E-state index is 0.157. The summed E-state index contributed by atoms with van der Waals surface area (Å²) in [6.45, 7) is 1.96. The Morgan fingerprint density at radius 1 is 1.29 bits per heavy atom. The van der Waals surface area contributed by atoms with Crippen LogP contribution >= 0.6 is 15.9 Å². The molecule has 17 heavy (non-hydrogen) atoms. The van der Waals surface area contributed by atoms with Crippen molar-refractivity contribution in [1.29, 1.82) is 0 Å². The number of benzene rings is 1. The van der Waals surface area contributed by atoms with Gasteiger partial charge in [-0.2, -0.15) is 0 Å². The number of aliphatic hydroxyl groups is 1. The fourth-order valence-corrected chi connectivity index (χ4v) is 2.70. The smallest absolute Gasteiger partial charge is 0.139 e. The van der Waals surface area contributed by atoms with Gasteiger partial charge in [0.25, 0.3) is 0 Å². The zero-order valence-electron chi connectivity index (χ0n) is 9.84. The van der Waals surface area contributed by atoms with E-state index in [1.165, 1.54) is 6.07 Å². The first-order valence-electron chi connectivity index (χ1n) is 5.96. The fourth-order valence-electron chi connectivity index (χ4n) is 2.24. The summed E-state index contributed by atoms with van der Waals surface area (Å²) in [5.74, 6) is -0.242. The van der Waals surface area contributed by atoms with Gasteiger partial charge >= 0.3 is 0 Å². The van der Waals surface area contributed by atoms with Crippen LogP contribution in [-0.2, 0) is 0 Å². The zero-order valence-corrected chi connectivity index (χ0v) is 11.4. The van der Waals surface area contributed by atoms with E-state index in [1.54, 1.807) is 6.07 Å². The van der Waals surface area contributed by atoms with E-state index < -0.39 is 0 Å². The van der Waals surface area contributed by atoms with E-state index in [4.69, 9.17) is 0 Å². The standard InChI is InChI=1S/C13H17BrFNO/c1-8-6-11(14)12(15)7-13(8)16-9-2-4-10(17)5-3-9/h6-7,9-10,16-17H,2-5H2,1H3. The van der Waals surface area contributed by atoms with E-state index in [-0.39, 0.29) is 11.9 Å². The van der Waals surface area contributed by atoms with Crippen LogP contribution in [0.5, 0.6) is 0 Å². The van der Waals surface area contributed by atoms with Crippen molar-refractivity contribution in [3.63, 3.8) is 0 Å². The predicted molar refractivity (Wildman–Crippen MR) is 70.7 cm³/mol. The van der Waals surface area contributed by atoms with Gasteiger partial charge in [-0.3, -0.25) is 0 Å². The highest BCUT2D eigenvalue weighted by Crippen LogP contribution is 2.27. The number of aliphatic hydroxyl groups excluding tert-OH is 1. The maximum atomic E-state index is 13.4. The van der Waals surface area contributed by atoms with Crippen molar-refractivity contribution >= 4 is 21.6 Å². The highest BCUT2D eigenvalue weighted by molar-refractivity contribution is 9.10. The molecule has 2 N–H and O–H groups in total. The molecule has 2 nitrogen and oxygen atoms in total. The Morgan fingerprint density at radius 3 is 2.59 bits per heavy atom. The van der Waals surface area contributed by atoms with Crippen molar-refractivity contribution in [2.75, 3.05) is 5.32 Å². The van der Waals surface area contributed by atoms with Gasteiger partial charge in [0.05, 0.1) is 10.6 Å². The molecule has 1 fully saturated rings. The molecular formula is C13H17BrFNO. The van der Waals surface area contributed by atoms with E-state index in [1.807, 2.05) is 6.92 Å². The third-order valence-electron chi connectivity index (χ3n) is 3.32. The third kappa shape index (κ3) is 3.19. The summed E-state index contributed by atoms with van der Waals surface area (Å²) in [6.07, 6.45) is 3.39. The molecule has 0 atom stereocenters. The highest BCUT2D eigenvalue weighted by atomic mass is 79.9. The van der Waals surface area contributed by atoms with Gasteiger partial charge in [0.2, 0.25) is 0 Å². The third-order valence-corrected chi connectivity index (χ3v) is 3.93. The van der Waals surface area contributed by atoms with Gasteiger partial charge in [-0.15, -0.1) is 0 Å².